The Morgan fingerprint density at radius 1 is 1.42 bits per heavy atom. The van der Waals surface area contributed by atoms with E-state index < -0.39 is 10.0 Å². The third kappa shape index (κ3) is 4.57. The van der Waals surface area contributed by atoms with Gasteiger partial charge in [0.1, 0.15) is 5.75 Å². The van der Waals surface area contributed by atoms with Crippen LogP contribution in [-0.2, 0) is 14.8 Å². The van der Waals surface area contributed by atoms with E-state index in [1.54, 1.807) is 6.07 Å². The number of carbonyl (C=O) groups excluding carboxylic acids is 2. The van der Waals surface area contributed by atoms with Gasteiger partial charge in [0.2, 0.25) is 10.0 Å². The Balaban J connectivity index is 1.69. The highest BCUT2D eigenvalue weighted by Gasteiger charge is 2.26. The monoisotopic (exact) mass is 402 g/mol. The molecule has 0 bridgehead atoms. The molecule has 0 unspecified atom stereocenters. The van der Waals surface area contributed by atoms with Crippen molar-refractivity contribution in [2.24, 2.45) is 0 Å². The first-order valence-electron chi connectivity index (χ1n) is 8.01. The molecular weight excluding hydrogens is 384 g/mol. The SMILES string of the molecule is CS(=O)(=O)N[C@H]1CCCN(C(=O)Nc2cc3c(cc2Cl)NC(=O)CO3)C1. The van der Waals surface area contributed by atoms with Crippen molar-refractivity contribution in [3.63, 3.8) is 0 Å². The molecule has 1 aromatic rings. The smallest absolute Gasteiger partial charge is 0.321 e. The maximum absolute atomic E-state index is 12.5. The Morgan fingerprint density at radius 3 is 2.92 bits per heavy atom. The topological polar surface area (TPSA) is 117 Å². The average Bonchev–Trinajstić information content (AvgIpc) is 2.54. The molecule has 2 aliphatic rings. The number of nitrogens with one attached hydrogen (secondary N) is 3. The van der Waals surface area contributed by atoms with Crippen molar-refractivity contribution in [1.82, 2.24) is 9.62 Å². The molecule has 1 atom stereocenters. The van der Waals surface area contributed by atoms with Gasteiger partial charge in [-0.3, -0.25) is 4.79 Å². The molecule has 3 rings (SSSR count). The fraction of sp³-hybridized carbons (Fsp3) is 0.467. The Bertz CT molecular complexity index is 845. The van der Waals surface area contributed by atoms with Crippen LogP contribution in [0.4, 0.5) is 16.2 Å². The van der Waals surface area contributed by atoms with Gasteiger partial charge in [0.15, 0.2) is 6.61 Å². The van der Waals surface area contributed by atoms with Crippen molar-refractivity contribution in [2.45, 2.75) is 18.9 Å². The molecule has 0 radical (unpaired) electrons. The van der Waals surface area contributed by atoms with Gasteiger partial charge in [-0.25, -0.2) is 17.9 Å². The van der Waals surface area contributed by atoms with Gasteiger partial charge in [-0.1, -0.05) is 11.6 Å². The van der Waals surface area contributed by atoms with Crippen molar-refractivity contribution < 1.29 is 22.7 Å². The summed E-state index contributed by atoms with van der Waals surface area (Å²) in [6.07, 6.45) is 2.45. The largest absolute Gasteiger partial charge is 0.482 e. The molecule has 1 fully saturated rings. The Labute approximate surface area is 156 Å². The van der Waals surface area contributed by atoms with Crippen molar-refractivity contribution in [2.75, 3.05) is 36.6 Å². The summed E-state index contributed by atoms with van der Waals surface area (Å²) >= 11 is 6.18. The summed E-state index contributed by atoms with van der Waals surface area (Å²) in [6.45, 7) is 0.684. The van der Waals surface area contributed by atoms with Crippen LogP contribution in [0, 0.1) is 0 Å². The quantitative estimate of drug-likeness (QED) is 0.702. The lowest BCUT2D eigenvalue weighted by Crippen LogP contribution is -2.50. The number of anilines is 2. The van der Waals surface area contributed by atoms with Crippen LogP contribution in [0.5, 0.6) is 5.75 Å². The van der Waals surface area contributed by atoms with Gasteiger partial charge in [-0.2, -0.15) is 0 Å². The summed E-state index contributed by atoms with van der Waals surface area (Å²) in [7, 11) is -3.33. The van der Waals surface area contributed by atoms with Gasteiger partial charge in [-0.05, 0) is 18.9 Å². The summed E-state index contributed by atoms with van der Waals surface area (Å²) < 4.78 is 30.6. The average molecular weight is 403 g/mol. The van der Waals surface area contributed by atoms with Gasteiger partial charge in [0.05, 0.1) is 22.7 Å². The third-order valence-electron chi connectivity index (χ3n) is 4.03. The Kier molecular flexibility index (Phi) is 5.26. The highest BCUT2D eigenvalue weighted by molar-refractivity contribution is 7.88. The molecule has 1 saturated heterocycles. The summed E-state index contributed by atoms with van der Waals surface area (Å²) in [4.78, 5) is 25.4. The van der Waals surface area contributed by atoms with Gasteiger partial charge < -0.3 is 20.3 Å². The molecular formula is C15H19ClN4O5S. The minimum absolute atomic E-state index is 0.104. The number of rotatable bonds is 3. The molecule has 3 amide bonds. The van der Waals surface area contributed by atoms with Crippen LogP contribution in [-0.4, -0.2) is 57.3 Å². The molecule has 1 aromatic carbocycles. The molecule has 2 aliphatic heterocycles. The second kappa shape index (κ2) is 7.29. The fourth-order valence-corrected chi connectivity index (χ4v) is 3.96. The summed E-state index contributed by atoms with van der Waals surface area (Å²) in [5.74, 6) is 0.141. The number of amides is 3. The highest BCUT2D eigenvalue weighted by Crippen LogP contribution is 2.36. The number of piperidine rings is 1. The Morgan fingerprint density at radius 2 is 2.19 bits per heavy atom. The molecule has 142 valence electrons. The molecule has 9 nitrogen and oxygen atoms in total. The molecule has 0 spiro atoms. The minimum atomic E-state index is -3.33. The predicted molar refractivity (Wildman–Crippen MR) is 97.2 cm³/mol. The number of sulfonamides is 1. The van der Waals surface area contributed by atoms with Crippen molar-refractivity contribution >= 4 is 44.9 Å². The van der Waals surface area contributed by atoms with E-state index >= 15 is 0 Å². The van der Waals surface area contributed by atoms with Crippen LogP contribution in [0.3, 0.4) is 0 Å². The van der Waals surface area contributed by atoms with E-state index in [2.05, 4.69) is 15.4 Å². The number of benzene rings is 1. The van der Waals surface area contributed by atoms with E-state index in [1.807, 2.05) is 0 Å². The maximum Gasteiger partial charge on any atom is 0.321 e. The number of likely N-dealkylation sites (tertiary alicyclic amines) is 1. The lowest BCUT2D eigenvalue weighted by atomic mass is 10.1. The van der Waals surface area contributed by atoms with Crippen LogP contribution in [0.1, 0.15) is 12.8 Å². The van der Waals surface area contributed by atoms with Crippen molar-refractivity contribution in [3.05, 3.63) is 17.2 Å². The van der Waals surface area contributed by atoms with E-state index in [9.17, 15) is 18.0 Å². The molecule has 2 heterocycles. The number of urea groups is 1. The Hall–Kier alpha value is -2.04. The maximum atomic E-state index is 12.5. The van der Waals surface area contributed by atoms with Gasteiger partial charge in [0, 0.05) is 25.2 Å². The predicted octanol–water partition coefficient (Wildman–Crippen LogP) is 1.22. The molecule has 11 heteroatoms. The summed E-state index contributed by atoms with van der Waals surface area (Å²) in [5.41, 5.74) is 0.796. The number of hydrogen-bond acceptors (Lipinski definition) is 5. The number of nitrogens with zero attached hydrogens (tertiary/aromatic N) is 1. The van der Waals surface area contributed by atoms with E-state index in [0.29, 0.717) is 36.5 Å². The van der Waals surface area contributed by atoms with Gasteiger partial charge in [-0.15, -0.1) is 0 Å². The standard InChI is InChI=1S/C15H19ClN4O5S/c1-26(23,24)19-9-3-2-4-20(7-9)15(22)18-11-6-13-12(5-10(11)16)17-14(21)8-25-13/h5-6,9,19H,2-4,7-8H2,1H3,(H,17,21)(H,18,22)/t9-/m0/s1. The van der Waals surface area contributed by atoms with E-state index in [-0.39, 0.29) is 36.2 Å². The van der Waals surface area contributed by atoms with Crippen molar-refractivity contribution in [3.8, 4) is 5.75 Å². The zero-order chi connectivity index (χ0) is 18.9. The third-order valence-corrected chi connectivity index (χ3v) is 5.11. The van der Waals surface area contributed by atoms with E-state index in [0.717, 1.165) is 6.26 Å². The van der Waals surface area contributed by atoms with E-state index in [1.165, 1.54) is 11.0 Å². The minimum Gasteiger partial charge on any atom is -0.482 e. The molecule has 0 aliphatic carbocycles. The van der Waals surface area contributed by atoms with Crippen LogP contribution in [0.15, 0.2) is 12.1 Å². The normalized spacial score (nSPS) is 20.0. The summed E-state index contributed by atoms with van der Waals surface area (Å²) in [6, 6.07) is 2.35. The lowest BCUT2D eigenvalue weighted by molar-refractivity contribution is -0.118. The first-order chi connectivity index (χ1) is 12.2. The molecule has 3 N–H and O–H groups in total. The summed E-state index contributed by atoms with van der Waals surface area (Å²) in [5, 5.41) is 5.60. The number of halogens is 1. The number of fused-ring (bicyclic) bond motifs is 1. The number of carbonyl (C=O) groups is 2. The van der Waals surface area contributed by atoms with Crippen molar-refractivity contribution in [1.29, 1.82) is 0 Å². The van der Waals surface area contributed by atoms with Crippen LogP contribution >= 0.6 is 11.6 Å². The van der Waals surface area contributed by atoms with Gasteiger partial charge >= 0.3 is 6.03 Å². The zero-order valence-electron chi connectivity index (χ0n) is 14.0. The zero-order valence-corrected chi connectivity index (χ0v) is 15.6. The van der Waals surface area contributed by atoms with Gasteiger partial charge in [0.25, 0.3) is 5.91 Å². The highest BCUT2D eigenvalue weighted by atomic mass is 35.5. The fourth-order valence-electron chi connectivity index (χ4n) is 2.95. The molecule has 26 heavy (non-hydrogen) atoms. The second-order valence-electron chi connectivity index (χ2n) is 6.27. The number of hydrogen-bond donors (Lipinski definition) is 3. The van der Waals surface area contributed by atoms with Crippen LogP contribution < -0.4 is 20.1 Å². The number of ether oxygens (including phenoxy) is 1. The second-order valence-corrected chi connectivity index (χ2v) is 8.46. The first-order valence-corrected chi connectivity index (χ1v) is 10.3. The van der Waals surface area contributed by atoms with Crippen LogP contribution in [0.2, 0.25) is 5.02 Å². The van der Waals surface area contributed by atoms with Crippen LogP contribution in [0.25, 0.3) is 0 Å². The lowest BCUT2D eigenvalue weighted by Gasteiger charge is -2.33. The molecule has 0 saturated carbocycles. The van der Waals surface area contributed by atoms with E-state index in [4.69, 9.17) is 16.3 Å². The molecule has 0 aromatic heterocycles. The first kappa shape index (κ1) is 18.7.